The monoisotopic (exact) mass is 303 g/mol. The zero-order valence-corrected chi connectivity index (χ0v) is 12.4. The van der Waals surface area contributed by atoms with Crippen molar-refractivity contribution in [3.8, 4) is 0 Å². The van der Waals surface area contributed by atoms with Crippen LogP contribution >= 0.6 is 0 Å². The average Bonchev–Trinajstić information content (AvgIpc) is 2.37. The van der Waals surface area contributed by atoms with Gasteiger partial charge in [0, 0.05) is 20.6 Å². The van der Waals surface area contributed by atoms with E-state index in [4.69, 9.17) is 0 Å². The summed E-state index contributed by atoms with van der Waals surface area (Å²) < 4.78 is 39.3. The van der Waals surface area contributed by atoms with E-state index in [0.29, 0.717) is 6.54 Å². The van der Waals surface area contributed by atoms with Crippen molar-refractivity contribution in [2.75, 3.05) is 31.5 Å². The van der Waals surface area contributed by atoms with Crippen molar-refractivity contribution < 1.29 is 17.6 Å². The molecule has 0 atom stereocenters. The molecule has 0 saturated carbocycles. The summed E-state index contributed by atoms with van der Waals surface area (Å²) in [5.41, 5.74) is 0.228. The molecule has 1 N–H and O–H groups in total. The zero-order chi connectivity index (χ0) is 15.3. The molecule has 1 aromatic carbocycles. The largest absolute Gasteiger partial charge is 0.355 e. The number of nitrogens with one attached hydrogen (secondary N) is 1. The molecule has 1 amide bonds. The molecular weight excluding hydrogens is 285 g/mol. The first kappa shape index (κ1) is 16.4. The molecular formula is C12H18FN3O3S. The quantitative estimate of drug-likeness (QED) is 0.835. The highest BCUT2D eigenvalue weighted by atomic mass is 32.2. The van der Waals surface area contributed by atoms with Crippen molar-refractivity contribution in [3.63, 3.8) is 0 Å². The third kappa shape index (κ3) is 3.91. The summed E-state index contributed by atoms with van der Waals surface area (Å²) in [6.45, 7) is 1.78. The molecule has 1 rings (SSSR count). The summed E-state index contributed by atoms with van der Waals surface area (Å²) in [5.74, 6) is -0.906. The molecule has 20 heavy (non-hydrogen) atoms. The summed E-state index contributed by atoms with van der Waals surface area (Å²) in [6.07, 6.45) is 0. The van der Waals surface area contributed by atoms with E-state index >= 15 is 0 Å². The molecule has 0 bridgehead atoms. The fourth-order valence-corrected chi connectivity index (χ4v) is 2.56. The lowest BCUT2D eigenvalue weighted by molar-refractivity contribution is -0.119. The molecule has 1 aromatic rings. The van der Waals surface area contributed by atoms with E-state index in [2.05, 4.69) is 5.32 Å². The van der Waals surface area contributed by atoms with E-state index in [1.54, 1.807) is 6.92 Å². The van der Waals surface area contributed by atoms with E-state index in [-0.39, 0.29) is 12.2 Å². The molecule has 0 saturated heterocycles. The number of halogens is 1. The van der Waals surface area contributed by atoms with E-state index in [1.807, 2.05) is 0 Å². The highest BCUT2D eigenvalue weighted by Gasteiger charge is 2.27. The van der Waals surface area contributed by atoms with Crippen LogP contribution in [0.5, 0.6) is 0 Å². The molecule has 0 aliphatic carbocycles. The standard InChI is InChI=1S/C12H18FN3O3S/c1-4-14-12(17)9-16(20(18,19)15(2)3)11-7-5-10(13)6-8-11/h5-8H,4,9H2,1-3H3,(H,14,17). The SMILES string of the molecule is CCNC(=O)CN(c1ccc(F)cc1)S(=O)(=O)N(C)C. The first-order valence-electron chi connectivity index (χ1n) is 6.01. The van der Waals surface area contributed by atoms with Gasteiger partial charge in [0.25, 0.3) is 0 Å². The third-order valence-electron chi connectivity index (χ3n) is 2.52. The summed E-state index contributed by atoms with van der Waals surface area (Å²) in [7, 11) is -1.11. The maximum atomic E-state index is 12.9. The van der Waals surface area contributed by atoms with Gasteiger partial charge in [0.15, 0.2) is 0 Å². The Morgan fingerprint density at radius 3 is 2.25 bits per heavy atom. The summed E-state index contributed by atoms with van der Waals surface area (Å²) in [5, 5.41) is 2.53. The first-order valence-corrected chi connectivity index (χ1v) is 7.41. The van der Waals surface area contributed by atoms with E-state index in [9.17, 15) is 17.6 Å². The highest BCUT2D eigenvalue weighted by Crippen LogP contribution is 2.19. The van der Waals surface area contributed by atoms with Crippen molar-refractivity contribution in [2.24, 2.45) is 0 Å². The topological polar surface area (TPSA) is 69.7 Å². The number of carbonyl (C=O) groups is 1. The summed E-state index contributed by atoms with van der Waals surface area (Å²) in [6, 6.07) is 4.92. The predicted molar refractivity (Wildman–Crippen MR) is 75.0 cm³/mol. The second-order valence-corrected chi connectivity index (χ2v) is 6.29. The fourth-order valence-electron chi connectivity index (χ4n) is 1.49. The van der Waals surface area contributed by atoms with Crippen LogP contribution in [0.1, 0.15) is 6.92 Å². The molecule has 6 nitrogen and oxygen atoms in total. The number of hydrogen-bond donors (Lipinski definition) is 1. The van der Waals surface area contributed by atoms with Gasteiger partial charge in [-0.1, -0.05) is 0 Å². The van der Waals surface area contributed by atoms with Gasteiger partial charge in [0.2, 0.25) is 5.91 Å². The van der Waals surface area contributed by atoms with Crippen molar-refractivity contribution in [1.29, 1.82) is 0 Å². The van der Waals surface area contributed by atoms with Gasteiger partial charge in [0.1, 0.15) is 12.4 Å². The number of nitrogens with zero attached hydrogens (tertiary/aromatic N) is 2. The summed E-state index contributed by atoms with van der Waals surface area (Å²) in [4.78, 5) is 11.7. The Hall–Kier alpha value is -1.67. The van der Waals surface area contributed by atoms with Gasteiger partial charge in [-0.2, -0.15) is 12.7 Å². The van der Waals surface area contributed by atoms with Gasteiger partial charge in [0.05, 0.1) is 5.69 Å². The van der Waals surface area contributed by atoms with Gasteiger partial charge < -0.3 is 5.32 Å². The van der Waals surface area contributed by atoms with E-state index in [1.165, 1.54) is 26.2 Å². The lowest BCUT2D eigenvalue weighted by atomic mass is 10.3. The molecule has 0 aliphatic heterocycles. The molecule has 0 fully saturated rings. The maximum Gasteiger partial charge on any atom is 0.304 e. The second-order valence-electron chi connectivity index (χ2n) is 4.23. The van der Waals surface area contributed by atoms with Gasteiger partial charge >= 0.3 is 10.2 Å². The van der Waals surface area contributed by atoms with Crippen LogP contribution in [-0.4, -0.2) is 45.8 Å². The Morgan fingerprint density at radius 1 is 1.25 bits per heavy atom. The molecule has 0 aromatic heterocycles. The number of amides is 1. The van der Waals surface area contributed by atoms with Gasteiger partial charge in [-0.3, -0.25) is 4.79 Å². The number of anilines is 1. The average molecular weight is 303 g/mol. The normalized spacial score (nSPS) is 11.4. The smallest absolute Gasteiger partial charge is 0.304 e. The third-order valence-corrected chi connectivity index (χ3v) is 4.34. The van der Waals surface area contributed by atoms with Gasteiger partial charge in [-0.15, -0.1) is 0 Å². The number of rotatable bonds is 6. The van der Waals surface area contributed by atoms with Crippen LogP contribution in [-0.2, 0) is 15.0 Å². The van der Waals surface area contributed by atoms with Gasteiger partial charge in [-0.05, 0) is 31.2 Å². The molecule has 8 heteroatoms. The Balaban J connectivity index is 3.14. The number of benzene rings is 1. The fraction of sp³-hybridized carbons (Fsp3) is 0.417. The lowest BCUT2D eigenvalue weighted by Crippen LogP contribution is -2.45. The lowest BCUT2D eigenvalue weighted by Gasteiger charge is -2.26. The number of hydrogen-bond acceptors (Lipinski definition) is 3. The Labute approximate surface area is 118 Å². The van der Waals surface area contributed by atoms with Crippen molar-refractivity contribution in [1.82, 2.24) is 9.62 Å². The molecule has 112 valence electrons. The second kappa shape index (κ2) is 6.67. The van der Waals surface area contributed by atoms with Crippen LogP contribution < -0.4 is 9.62 Å². The minimum Gasteiger partial charge on any atom is -0.355 e. The Bertz CT molecular complexity index is 558. The molecule has 0 heterocycles. The Kier molecular flexibility index (Phi) is 5.46. The van der Waals surface area contributed by atoms with Crippen LogP contribution in [0.2, 0.25) is 0 Å². The van der Waals surface area contributed by atoms with Crippen LogP contribution in [0, 0.1) is 5.82 Å². The van der Waals surface area contributed by atoms with Crippen LogP contribution in [0.25, 0.3) is 0 Å². The van der Waals surface area contributed by atoms with E-state index in [0.717, 1.165) is 20.7 Å². The molecule has 0 radical (unpaired) electrons. The van der Waals surface area contributed by atoms with Gasteiger partial charge in [-0.25, -0.2) is 8.70 Å². The molecule has 0 spiro atoms. The van der Waals surface area contributed by atoms with Crippen molar-refractivity contribution >= 4 is 21.8 Å². The van der Waals surface area contributed by atoms with Crippen LogP contribution in [0.15, 0.2) is 24.3 Å². The van der Waals surface area contributed by atoms with Crippen molar-refractivity contribution in [2.45, 2.75) is 6.92 Å². The molecule has 0 aliphatic rings. The van der Waals surface area contributed by atoms with E-state index < -0.39 is 21.9 Å². The minimum atomic E-state index is -3.83. The van der Waals surface area contributed by atoms with Crippen molar-refractivity contribution in [3.05, 3.63) is 30.1 Å². The summed E-state index contributed by atoms with van der Waals surface area (Å²) >= 11 is 0. The van der Waals surface area contributed by atoms with Crippen LogP contribution in [0.4, 0.5) is 10.1 Å². The Morgan fingerprint density at radius 2 is 1.80 bits per heavy atom. The zero-order valence-electron chi connectivity index (χ0n) is 11.6. The number of carbonyl (C=O) groups excluding carboxylic acids is 1. The molecule has 0 unspecified atom stereocenters. The highest BCUT2D eigenvalue weighted by molar-refractivity contribution is 7.90. The number of likely N-dealkylation sites (N-methyl/N-ethyl adjacent to an activating group) is 1. The minimum absolute atomic E-state index is 0.228. The first-order chi connectivity index (χ1) is 9.28. The maximum absolute atomic E-state index is 12.9. The van der Waals surface area contributed by atoms with Crippen LogP contribution in [0.3, 0.4) is 0 Å². The predicted octanol–water partition coefficient (Wildman–Crippen LogP) is 0.575.